The SMILES string of the molecule is N#CC1(Cl)CSC(c2ccc([N+](=O)[O-])cc2)=CC1Nc1ccccc1. The van der Waals surface area contributed by atoms with E-state index in [0.717, 1.165) is 16.2 Å². The fourth-order valence-electron chi connectivity index (χ4n) is 2.50. The van der Waals surface area contributed by atoms with Gasteiger partial charge in [0.2, 0.25) is 0 Å². The Morgan fingerprint density at radius 3 is 2.52 bits per heavy atom. The molecule has 0 radical (unpaired) electrons. The minimum atomic E-state index is -1.06. The number of para-hydroxylation sites is 1. The highest BCUT2D eigenvalue weighted by atomic mass is 35.5. The smallest absolute Gasteiger partial charge is 0.269 e. The van der Waals surface area contributed by atoms with Crippen LogP contribution in [0.15, 0.2) is 60.7 Å². The molecule has 126 valence electrons. The highest BCUT2D eigenvalue weighted by Gasteiger charge is 2.40. The largest absolute Gasteiger partial charge is 0.376 e. The van der Waals surface area contributed by atoms with Crippen LogP contribution in [0.1, 0.15) is 5.56 Å². The average molecular weight is 372 g/mol. The number of rotatable bonds is 4. The topological polar surface area (TPSA) is 79.0 Å². The lowest BCUT2D eigenvalue weighted by molar-refractivity contribution is -0.384. The highest BCUT2D eigenvalue weighted by molar-refractivity contribution is 8.08. The van der Waals surface area contributed by atoms with Gasteiger partial charge in [-0.3, -0.25) is 10.1 Å². The number of benzene rings is 2. The molecule has 2 atom stereocenters. The lowest BCUT2D eigenvalue weighted by Crippen LogP contribution is -2.44. The summed E-state index contributed by atoms with van der Waals surface area (Å²) >= 11 is 7.99. The first kappa shape index (κ1) is 17.3. The van der Waals surface area contributed by atoms with Crippen LogP contribution in [0.4, 0.5) is 11.4 Å². The highest BCUT2D eigenvalue weighted by Crippen LogP contribution is 2.41. The maximum atomic E-state index is 10.8. The van der Waals surface area contributed by atoms with E-state index < -0.39 is 9.80 Å². The molecule has 1 N–H and O–H groups in total. The quantitative estimate of drug-likeness (QED) is 0.480. The van der Waals surface area contributed by atoms with Gasteiger partial charge in [-0.25, -0.2) is 0 Å². The molecule has 2 unspecified atom stereocenters. The van der Waals surface area contributed by atoms with Crippen molar-refractivity contribution in [1.29, 1.82) is 5.26 Å². The zero-order chi connectivity index (χ0) is 17.9. The summed E-state index contributed by atoms with van der Waals surface area (Å²) in [7, 11) is 0. The first-order valence-electron chi connectivity index (χ1n) is 7.53. The van der Waals surface area contributed by atoms with Gasteiger partial charge in [-0.1, -0.05) is 29.8 Å². The molecule has 0 bridgehead atoms. The zero-order valence-electron chi connectivity index (χ0n) is 13.1. The Bertz CT molecular complexity index is 849. The van der Waals surface area contributed by atoms with E-state index >= 15 is 0 Å². The van der Waals surface area contributed by atoms with Crippen molar-refractivity contribution < 1.29 is 4.92 Å². The number of thioether (sulfide) groups is 1. The van der Waals surface area contributed by atoms with Crippen LogP contribution in [0.3, 0.4) is 0 Å². The fourth-order valence-corrected chi connectivity index (χ4v) is 3.93. The lowest BCUT2D eigenvalue weighted by Gasteiger charge is -2.33. The molecular weight excluding hydrogens is 358 g/mol. The molecule has 0 saturated carbocycles. The van der Waals surface area contributed by atoms with Gasteiger partial charge in [0.1, 0.15) is 0 Å². The van der Waals surface area contributed by atoms with Gasteiger partial charge in [-0.2, -0.15) is 5.26 Å². The summed E-state index contributed by atoms with van der Waals surface area (Å²) in [6.07, 6.45) is 1.92. The Kier molecular flexibility index (Phi) is 4.98. The third-order valence-corrected chi connectivity index (χ3v) is 5.79. The van der Waals surface area contributed by atoms with Crippen LogP contribution in [0.5, 0.6) is 0 Å². The molecule has 1 aliphatic rings. The maximum absolute atomic E-state index is 10.8. The number of nitro benzene ring substituents is 1. The van der Waals surface area contributed by atoms with Gasteiger partial charge in [0.15, 0.2) is 4.87 Å². The number of alkyl halides is 1. The molecule has 0 amide bonds. The Labute approximate surface area is 154 Å². The minimum absolute atomic E-state index is 0.0489. The Hall–Kier alpha value is -2.49. The predicted octanol–water partition coefficient (Wildman–Crippen LogP) is 4.66. The van der Waals surface area contributed by atoms with E-state index in [0.29, 0.717) is 5.75 Å². The summed E-state index contributed by atoms with van der Waals surface area (Å²) in [5.41, 5.74) is 1.79. The maximum Gasteiger partial charge on any atom is 0.269 e. The van der Waals surface area contributed by atoms with Crippen LogP contribution in [-0.4, -0.2) is 21.6 Å². The Balaban J connectivity index is 1.91. The van der Waals surface area contributed by atoms with Crippen molar-refractivity contribution in [3.8, 4) is 6.07 Å². The van der Waals surface area contributed by atoms with E-state index in [1.807, 2.05) is 36.4 Å². The van der Waals surface area contributed by atoms with E-state index in [1.165, 1.54) is 23.9 Å². The van der Waals surface area contributed by atoms with E-state index in [1.54, 1.807) is 12.1 Å². The molecule has 25 heavy (non-hydrogen) atoms. The second-order valence-corrected chi connectivity index (χ2v) is 7.28. The Morgan fingerprint density at radius 1 is 1.24 bits per heavy atom. The molecule has 2 aromatic carbocycles. The Morgan fingerprint density at radius 2 is 1.92 bits per heavy atom. The standard InChI is InChI=1S/C18H14ClN3O2S/c19-18(11-20)12-25-16(13-6-8-15(9-7-13)22(23)24)10-17(18)21-14-4-2-1-3-5-14/h1-10,17,21H,12H2. The van der Waals surface area contributed by atoms with Crippen molar-refractivity contribution in [3.05, 3.63) is 76.4 Å². The van der Waals surface area contributed by atoms with Crippen LogP contribution in [0, 0.1) is 21.4 Å². The molecule has 3 rings (SSSR count). The lowest BCUT2D eigenvalue weighted by atomic mass is 9.99. The zero-order valence-corrected chi connectivity index (χ0v) is 14.6. The van der Waals surface area contributed by atoms with Crippen molar-refractivity contribution >= 4 is 39.6 Å². The van der Waals surface area contributed by atoms with Gasteiger partial charge >= 0.3 is 0 Å². The third-order valence-electron chi connectivity index (χ3n) is 3.89. The number of hydrogen-bond donors (Lipinski definition) is 1. The number of nitrogens with zero attached hydrogens (tertiary/aromatic N) is 2. The molecule has 0 aromatic heterocycles. The molecule has 5 nitrogen and oxygen atoms in total. The monoisotopic (exact) mass is 371 g/mol. The number of non-ortho nitro benzene ring substituents is 1. The predicted molar refractivity (Wildman–Crippen MR) is 102 cm³/mol. The second kappa shape index (κ2) is 7.18. The molecule has 7 heteroatoms. The van der Waals surface area contributed by atoms with Crippen molar-refractivity contribution in [3.63, 3.8) is 0 Å². The normalized spacial score (nSPS) is 22.6. The van der Waals surface area contributed by atoms with Crippen molar-refractivity contribution in [2.24, 2.45) is 0 Å². The number of nitro groups is 1. The molecule has 0 saturated heterocycles. The van der Waals surface area contributed by atoms with Gasteiger partial charge in [-0.15, -0.1) is 11.8 Å². The van der Waals surface area contributed by atoms with Gasteiger partial charge in [0, 0.05) is 28.5 Å². The van der Waals surface area contributed by atoms with Gasteiger partial charge < -0.3 is 5.32 Å². The van der Waals surface area contributed by atoms with Crippen LogP contribution < -0.4 is 5.32 Å². The molecule has 0 fully saturated rings. The van der Waals surface area contributed by atoms with E-state index in [2.05, 4.69) is 11.4 Å². The van der Waals surface area contributed by atoms with Crippen LogP contribution >= 0.6 is 23.4 Å². The summed E-state index contributed by atoms with van der Waals surface area (Å²) in [6.45, 7) is 0. The molecule has 0 spiro atoms. The molecule has 1 aliphatic heterocycles. The van der Waals surface area contributed by atoms with Crippen LogP contribution in [0.25, 0.3) is 4.91 Å². The first-order chi connectivity index (χ1) is 12.0. The van der Waals surface area contributed by atoms with E-state index in [-0.39, 0.29) is 11.7 Å². The first-order valence-corrected chi connectivity index (χ1v) is 8.89. The van der Waals surface area contributed by atoms with E-state index in [4.69, 9.17) is 11.6 Å². The van der Waals surface area contributed by atoms with Crippen LogP contribution in [0.2, 0.25) is 0 Å². The summed E-state index contributed by atoms with van der Waals surface area (Å²) in [5.74, 6) is 0.415. The van der Waals surface area contributed by atoms with Crippen molar-refractivity contribution in [2.45, 2.75) is 10.9 Å². The third kappa shape index (κ3) is 3.78. The average Bonchev–Trinajstić information content (AvgIpc) is 2.64. The van der Waals surface area contributed by atoms with E-state index in [9.17, 15) is 15.4 Å². The number of nitriles is 1. The van der Waals surface area contributed by atoms with Crippen molar-refractivity contribution in [1.82, 2.24) is 0 Å². The fraction of sp³-hybridized carbons (Fsp3) is 0.167. The second-order valence-electron chi connectivity index (χ2n) is 5.59. The summed E-state index contributed by atoms with van der Waals surface area (Å²) in [4.78, 5) is 10.2. The molecule has 2 aromatic rings. The van der Waals surface area contributed by atoms with Crippen molar-refractivity contribution in [2.75, 3.05) is 11.1 Å². The van der Waals surface area contributed by atoms with Gasteiger partial charge in [0.05, 0.1) is 17.0 Å². The number of anilines is 1. The minimum Gasteiger partial charge on any atom is -0.376 e. The van der Waals surface area contributed by atoms with Gasteiger partial charge in [-0.05, 0) is 35.9 Å². The number of nitrogens with one attached hydrogen (secondary N) is 1. The summed E-state index contributed by atoms with van der Waals surface area (Å²) < 4.78 is 0. The summed E-state index contributed by atoms with van der Waals surface area (Å²) in [6, 6.07) is 17.7. The molecule has 0 aliphatic carbocycles. The number of halogens is 1. The van der Waals surface area contributed by atoms with Crippen LogP contribution in [-0.2, 0) is 0 Å². The van der Waals surface area contributed by atoms with Gasteiger partial charge in [0.25, 0.3) is 5.69 Å². The summed E-state index contributed by atoms with van der Waals surface area (Å²) in [5, 5.41) is 23.6. The number of hydrogen-bond acceptors (Lipinski definition) is 5. The molecule has 1 heterocycles. The molecular formula is C18H14ClN3O2S.